The van der Waals surface area contributed by atoms with Gasteiger partial charge >= 0.3 is 0 Å². The van der Waals surface area contributed by atoms with Gasteiger partial charge in [0.25, 0.3) is 0 Å². The molecule has 0 bridgehead atoms. The highest BCUT2D eigenvalue weighted by molar-refractivity contribution is 5.85. The number of piperazine rings is 1. The van der Waals surface area contributed by atoms with Gasteiger partial charge in [0, 0.05) is 32.2 Å². The topological polar surface area (TPSA) is 15.3 Å². The van der Waals surface area contributed by atoms with Gasteiger partial charge < -0.3 is 5.32 Å². The zero-order valence-electron chi connectivity index (χ0n) is 12.9. The molecule has 0 amide bonds. The largest absolute Gasteiger partial charge is 0.314 e. The van der Waals surface area contributed by atoms with E-state index in [0.29, 0.717) is 6.04 Å². The van der Waals surface area contributed by atoms with Crippen LogP contribution in [0, 0.1) is 5.92 Å². The molecule has 1 N–H and O–H groups in total. The van der Waals surface area contributed by atoms with Crippen molar-refractivity contribution in [1.82, 2.24) is 10.2 Å². The first-order valence-electron chi connectivity index (χ1n) is 7.90. The molecule has 1 saturated carbocycles. The number of aryl methyl sites for hydroxylation is 1. The minimum absolute atomic E-state index is 0. The van der Waals surface area contributed by atoms with Crippen molar-refractivity contribution in [3.63, 3.8) is 0 Å². The van der Waals surface area contributed by atoms with Crippen LogP contribution in [0.3, 0.4) is 0 Å². The molecule has 1 saturated heterocycles. The highest BCUT2D eigenvalue weighted by Crippen LogP contribution is 2.40. The molecule has 120 valence electrons. The van der Waals surface area contributed by atoms with Gasteiger partial charge in [0.2, 0.25) is 0 Å². The van der Waals surface area contributed by atoms with Crippen molar-refractivity contribution in [2.24, 2.45) is 5.92 Å². The van der Waals surface area contributed by atoms with Crippen LogP contribution in [0.2, 0.25) is 0 Å². The number of hydrogen-bond donors (Lipinski definition) is 1. The summed E-state index contributed by atoms with van der Waals surface area (Å²) in [5, 5.41) is 3.47. The Bertz CT molecular complexity index is 398. The lowest BCUT2D eigenvalue weighted by Gasteiger charge is -2.35. The van der Waals surface area contributed by atoms with Crippen LogP contribution in [0.4, 0.5) is 0 Å². The predicted octanol–water partition coefficient (Wildman–Crippen LogP) is 3.84. The Kier molecular flexibility index (Phi) is 8.04. The van der Waals surface area contributed by atoms with Crippen molar-refractivity contribution in [2.45, 2.75) is 38.6 Å². The number of benzene rings is 1. The van der Waals surface area contributed by atoms with Gasteiger partial charge in [0.15, 0.2) is 0 Å². The maximum absolute atomic E-state index is 3.47. The third-order valence-electron chi connectivity index (χ3n) is 4.62. The summed E-state index contributed by atoms with van der Waals surface area (Å²) < 4.78 is 0. The first kappa shape index (κ1) is 18.8. The molecule has 2 nitrogen and oxygen atoms in total. The van der Waals surface area contributed by atoms with Gasteiger partial charge in [-0.15, -0.1) is 24.8 Å². The zero-order chi connectivity index (χ0) is 13.1. The van der Waals surface area contributed by atoms with Gasteiger partial charge in [-0.25, -0.2) is 0 Å². The average Bonchev–Trinajstić information content (AvgIpc) is 3.30. The minimum Gasteiger partial charge on any atom is -0.314 e. The molecule has 0 unspecified atom stereocenters. The van der Waals surface area contributed by atoms with Crippen molar-refractivity contribution in [1.29, 1.82) is 0 Å². The minimum atomic E-state index is 0. The quantitative estimate of drug-likeness (QED) is 0.882. The van der Waals surface area contributed by atoms with E-state index in [4.69, 9.17) is 0 Å². The van der Waals surface area contributed by atoms with E-state index in [2.05, 4.69) is 41.4 Å². The summed E-state index contributed by atoms with van der Waals surface area (Å²) in [6, 6.07) is 10.0. The molecule has 1 aromatic rings. The van der Waals surface area contributed by atoms with Crippen LogP contribution >= 0.6 is 24.8 Å². The second-order valence-electron chi connectivity index (χ2n) is 6.08. The zero-order valence-corrected chi connectivity index (χ0v) is 14.5. The molecule has 4 heteroatoms. The standard InChI is InChI=1S/C17H26N2.2ClH/c1-2-14-5-7-16(8-6-14)17(13-15-3-4-15)19-11-9-18-10-12-19;;/h5-8,15,17-18H,2-4,9-13H2,1H3;2*1H/t17-;;/m0../s1. The molecule has 1 atom stereocenters. The monoisotopic (exact) mass is 330 g/mol. The first-order chi connectivity index (χ1) is 9.36. The second-order valence-corrected chi connectivity index (χ2v) is 6.08. The number of nitrogens with one attached hydrogen (secondary N) is 1. The van der Waals surface area contributed by atoms with Crippen molar-refractivity contribution in [3.8, 4) is 0 Å². The molecule has 3 rings (SSSR count). The average molecular weight is 331 g/mol. The fourth-order valence-electron chi connectivity index (χ4n) is 3.13. The van der Waals surface area contributed by atoms with E-state index in [1.807, 2.05) is 0 Å². The van der Waals surface area contributed by atoms with Crippen LogP contribution < -0.4 is 5.32 Å². The fraction of sp³-hybridized carbons (Fsp3) is 0.647. The van der Waals surface area contributed by atoms with Crippen LogP contribution in [0.5, 0.6) is 0 Å². The van der Waals surface area contributed by atoms with Crippen molar-refractivity contribution in [3.05, 3.63) is 35.4 Å². The van der Waals surface area contributed by atoms with Crippen LogP contribution in [0.1, 0.15) is 43.4 Å². The summed E-state index contributed by atoms with van der Waals surface area (Å²) in [5.41, 5.74) is 2.99. The van der Waals surface area contributed by atoms with Gasteiger partial charge in [-0.05, 0) is 29.9 Å². The normalized spacial score (nSPS) is 20.2. The molecule has 0 spiro atoms. The van der Waals surface area contributed by atoms with Gasteiger partial charge in [-0.3, -0.25) is 4.90 Å². The Hall–Kier alpha value is -0.280. The molecule has 21 heavy (non-hydrogen) atoms. The predicted molar refractivity (Wildman–Crippen MR) is 94.8 cm³/mol. The van der Waals surface area contributed by atoms with E-state index in [9.17, 15) is 0 Å². The van der Waals surface area contributed by atoms with Crippen LogP contribution in [-0.4, -0.2) is 31.1 Å². The summed E-state index contributed by atoms with van der Waals surface area (Å²) in [6.07, 6.45) is 5.41. The third-order valence-corrected chi connectivity index (χ3v) is 4.62. The summed E-state index contributed by atoms with van der Waals surface area (Å²) in [6.45, 7) is 6.93. The number of rotatable bonds is 5. The summed E-state index contributed by atoms with van der Waals surface area (Å²) >= 11 is 0. The molecule has 1 aliphatic carbocycles. The van der Waals surface area contributed by atoms with Gasteiger partial charge in [-0.2, -0.15) is 0 Å². The molecular weight excluding hydrogens is 303 g/mol. The van der Waals surface area contributed by atoms with E-state index >= 15 is 0 Å². The molecule has 1 aromatic carbocycles. The van der Waals surface area contributed by atoms with E-state index in [0.717, 1.165) is 25.4 Å². The van der Waals surface area contributed by atoms with E-state index in [-0.39, 0.29) is 24.8 Å². The van der Waals surface area contributed by atoms with Crippen LogP contribution in [-0.2, 0) is 6.42 Å². The van der Waals surface area contributed by atoms with Gasteiger partial charge in [-0.1, -0.05) is 44.0 Å². The highest BCUT2D eigenvalue weighted by Gasteiger charge is 2.30. The third kappa shape index (κ3) is 5.14. The summed E-state index contributed by atoms with van der Waals surface area (Å²) in [5.74, 6) is 0.991. The molecule has 1 heterocycles. The van der Waals surface area contributed by atoms with E-state index in [1.54, 1.807) is 0 Å². The molecule has 1 aliphatic heterocycles. The molecule has 0 aromatic heterocycles. The molecule has 2 fully saturated rings. The lowest BCUT2D eigenvalue weighted by molar-refractivity contribution is 0.160. The molecular formula is C17H28Cl2N2. The number of nitrogens with zero attached hydrogens (tertiary/aromatic N) is 1. The lowest BCUT2D eigenvalue weighted by Crippen LogP contribution is -2.45. The fourth-order valence-corrected chi connectivity index (χ4v) is 3.13. The number of hydrogen-bond acceptors (Lipinski definition) is 2. The first-order valence-corrected chi connectivity index (χ1v) is 7.90. The molecule has 2 aliphatic rings. The Labute approximate surface area is 141 Å². The van der Waals surface area contributed by atoms with Crippen molar-refractivity contribution in [2.75, 3.05) is 26.2 Å². The molecule has 0 radical (unpaired) electrons. The van der Waals surface area contributed by atoms with Crippen LogP contribution in [0.25, 0.3) is 0 Å². The Morgan fingerprint density at radius 3 is 2.24 bits per heavy atom. The second kappa shape index (κ2) is 8.99. The SMILES string of the molecule is CCc1ccc([C@H](CC2CC2)N2CCNCC2)cc1.Cl.Cl. The highest BCUT2D eigenvalue weighted by atomic mass is 35.5. The van der Waals surface area contributed by atoms with Crippen LogP contribution in [0.15, 0.2) is 24.3 Å². The summed E-state index contributed by atoms with van der Waals surface area (Å²) in [4.78, 5) is 2.69. The Morgan fingerprint density at radius 1 is 1.10 bits per heavy atom. The maximum atomic E-state index is 3.47. The lowest BCUT2D eigenvalue weighted by atomic mass is 9.97. The Balaban J connectivity index is 0.00000110. The van der Waals surface area contributed by atoms with Crippen molar-refractivity contribution < 1.29 is 0 Å². The van der Waals surface area contributed by atoms with E-state index < -0.39 is 0 Å². The van der Waals surface area contributed by atoms with Gasteiger partial charge in [0.05, 0.1) is 0 Å². The van der Waals surface area contributed by atoms with Gasteiger partial charge in [0.1, 0.15) is 0 Å². The smallest absolute Gasteiger partial charge is 0.0351 e. The van der Waals surface area contributed by atoms with Crippen molar-refractivity contribution >= 4 is 24.8 Å². The van der Waals surface area contributed by atoms with E-state index in [1.165, 1.54) is 43.5 Å². The number of halogens is 2. The summed E-state index contributed by atoms with van der Waals surface area (Å²) in [7, 11) is 0. The Morgan fingerprint density at radius 2 is 1.71 bits per heavy atom. The maximum Gasteiger partial charge on any atom is 0.0351 e.